The molecule has 1 aromatic carbocycles. The van der Waals surface area contributed by atoms with Gasteiger partial charge in [-0.05, 0) is 13.0 Å². The molecule has 0 bridgehead atoms. The first-order chi connectivity index (χ1) is 8.97. The van der Waals surface area contributed by atoms with Gasteiger partial charge in [0.1, 0.15) is 5.75 Å². The minimum atomic E-state index is -4.65. The summed E-state index contributed by atoms with van der Waals surface area (Å²) in [6.45, 7) is 5.26. The van der Waals surface area contributed by atoms with Crippen molar-refractivity contribution < 1.29 is 17.9 Å². The number of hydrogen-bond acceptors (Lipinski definition) is 3. The van der Waals surface area contributed by atoms with Crippen LogP contribution in [-0.4, -0.2) is 37.4 Å². The zero-order valence-electron chi connectivity index (χ0n) is 11.5. The molecule has 0 amide bonds. The first-order valence-electron chi connectivity index (χ1n) is 6.27. The van der Waals surface area contributed by atoms with Crippen LogP contribution in [0.4, 0.5) is 13.2 Å². The van der Waals surface area contributed by atoms with E-state index in [2.05, 4.69) is 15.0 Å². The molecule has 122 valence electrons. The molecule has 8 heteroatoms. The van der Waals surface area contributed by atoms with Crippen LogP contribution in [0.1, 0.15) is 18.5 Å². The van der Waals surface area contributed by atoms with Gasteiger partial charge in [-0.1, -0.05) is 18.2 Å². The van der Waals surface area contributed by atoms with E-state index in [0.29, 0.717) is 5.56 Å². The number of benzene rings is 1. The lowest BCUT2D eigenvalue weighted by atomic mass is 10.1. The Labute approximate surface area is 134 Å². The van der Waals surface area contributed by atoms with Gasteiger partial charge in [-0.15, -0.1) is 38.0 Å². The van der Waals surface area contributed by atoms with Crippen LogP contribution >= 0.6 is 24.8 Å². The van der Waals surface area contributed by atoms with Crippen LogP contribution in [0.15, 0.2) is 24.3 Å². The van der Waals surface area contributed by atoms with Crippen molar-refractivity contribution in [3.8, 4) is 5.75 Å². The lowest BCUT2D eigenvalue weighted by molar-refractivity contribution is -0.275. The third kappa shape index (κ3) is 5.90. The largest absolute Gasteiger partial charge is 0.573 e. The molecule has 1 atom stereocenters. The molecule has 3 nitrogen and oxygen atoms in total. The Hall–Kier alpha value is -0.690. The maximum Gasteiger partial charge on any atom is 0.573 e. The molecule has 1 heterocycles. The highest BCUT2D eigenvalue weighted by Gasteiger charge is 2.33. The second kappa shape index (κ2) is 8.68. The number of alkyl halides is 3. The van der Waals surface area contributed by atoms with E-state index < -0.39 is 6.36 Å². The molecular formula is C13H19Cl2F3N2O. The second-order valence-electron chi connectivity index (χ2n) is 4.55. The van der Waals surface area contributed by atoms with E-state index in [-0.39, 0.29) is 36.6 Å². The first-order valence-corrected chi connectivity index (χ1v) is 6.27. The maximum absolute atomic E-state index is 12.4. The number of ether oxygens (including phenoxy) is 1. The van der Waals surface area contributed by atoms with Gasteiger partial charge < -0.3 is 10.1 Å². The van der Waals surface area contributed by atoms with Crippen LogP contribution in [0.3, 0.4) is 0 Å². The van der Waals surface area contributed by atoms with E-state index in [0.717, 1.165) is 26.2 Å². The van der Waals surface area contributed by atoms with Crippen LogP contribution in [0, 0.1) is 0 Å². The van der Waals surface area contributed by atoms with Crippen molar-refractivity contribution in [2.24, 2.45) is 0 Å². The Morgan fingerprint density at radius 1 is 1.14 bits per heavy atom. The predicted octanol–water partition coefficient (Wildman–Crippen LogP) is 3.40. The molecule has 0 saturated carbocycles. The summed E-state index contributed by atoms with van der Waals surface area (Å²) < 4.78 is 41.2. The molecule has 1 saturated heterocycles. The number of rotatable bonds is 3. The molecule has 0 aliphatic carbocycles. The van der Waals surface area contributed by atoms with Crippen molar-refractivity contribution in [1.82, 2.24) is 10.2 Å². The average molecular weight is 347 g/mol. The van der Waals surface area contributed by atoms with Crippen LogP contribution < -0.4 is 10.1 Å². The maximum atomic E-state index is 12.4. The van der Waals surface area contributed by atoms with Gasteiger partial charge >= 0.3 is 6.36 Å². The van der Waals surface area contributed by atoms with E-state index in [1.165, 1.54) is 6.07 Å². The highest BCUT2D eigenvalue weighted by Crippen LogP contribution is 2.32. The number of halogens is 5. The van der Waals surface area contributed by atoms with E-state index in [1.807, 2.05) is 6.92 Å². The summed E-state index contributed by atoms with van der Waals surface area (Å²) >= 11 is 0. The quantitative estimate of drug-likeness (QED) is 0.907. The van der Waals surface area contributed by atoms with Gasteiger partial charge in [0.2, 0.25) is 0 Å². The Bertz CT molecular complexity index is 426. The Morgan fingerprint density at radius 2 is 1.71 bits per heavy atom. The Morgan fingerprint density at radius 3 is 2.29 bits per heavy atom. The summed E-state index contributed by atoms with van der Waals surface area (Å²) in [6.07, 6.45) is -4.65. The van der Waals surface area contributed by atoms with Gasteiger partial charge in [-0.25, -0.2) is 0 Å². The standard InChI is InChI=1S/C13H17F3N2O.2ClH/c1-10(18-8-6-17-7-9-18)11-4-2-3-5-12(11)19-13(14,15)16;;/h2-5,10,17H,6-9H2,1H3;2*1H/t10-;;/m0../s1. The SMILES string of the molecule is C[C@@H](c1ccccc1OC(F)(F)F)N1CCNCC1.Cl.Cl. The molecule has 1 aromatic rings. The minimum absolute atomic E-state index is 0. The zero-order valence-corrected chi connectivity index (χ0v) is 13.2. The minimum Gasteiger partial charge on any atom is -0.405 e. The molecule has 1 aliphatic rings. The van der Waals surface area contributed by atoms with Gasteiger partial charge in [0, 0.05) is 37.8 Å². The smallest absolute Gasteiger partial charge is 0.405 e. The summed E-state index contributed by atoms with van der Waals surface area (Å²) in [4.78, 5) is 2.15. The van der Waals surface area contributed by atoms with Crippen molar-refractivity contribution in [3.05, 3.63) is 29.8 Å². The molecular weight excluding hydrogens is 328 g/mol. The molecule has 1 N–H and O–H groups in total. The Kier molecular flexibility index (Phi) is 8.39. The summed E-state index contributed by atoms with van der Waals surface area (Å²) in [5, 5.41) is 3.22. The van der Waals surface area contributed by atoms with Crippen molar-refractivity contribution in [3.63, 3.8) is 0 Å². The fourth-order valence-electron chi connectivity index (χ4n) is 2.31. The van der Waals surface area contributed by atoms with Crippen LogP contribution in [0.5, 0.6) is 5.75 Å². The van der Waals surface area contributed by atoms with Crippen LogP contribution in [0.2, 0.25) is 0 Å². The molecule has 1 aliphatic heterocycles. The monoisotopic (exact) mass is 346 g/mol. The lowest BCUT2D eigenvalue weighted by Crippen LogP contribution is -2.44. The topological polar surface area (TPSA) is 24.5 Å². The Balaban J connectivity index is 0.00000200. The molecule has 0 aromatic heterocycles. The van der Waals surface area contributed by atoms with Crippen LogP contribution in [0.25, 0.3) is 0 Å². The molecule has 0 spiro atoms. The van der Waals surface area contributed by atoms with Crippen molar-refractivity contribution in [2.75, 3.05) is 26.2 Å². The number of nitrogens with zero attached hydrogens (tertiary/aromatic N) is 1. The van der Waals surface area contributed by atoms with E-state index in [9.17, 15) is 13.2 Å². The lowest BCUT2D eigenvalue weighted by Gasteiger charge is -2.33. The fraction of sp³-hybridized carbons (Fsp3) is 0.538. The summed E-state index contributed by atoms with van der Waals surface area (Å²) in [5.74, 6) is -0.110. The second-order valence-corrected chi connectivity index (χ2v) is 4.55. The number of hydrogen-bond donors (Lipinski definition) is 1. The third-order valence-electron chi connectivity index (χ3n) is 3.29. The van der Waals surface area contributed by atoms with Gasteiger partial charge in [0.05, 0.1) is 0 Å². The van der Waals surface area contributed by atoms with Gasteiger partial charge in [-0.3, -0.25) is 4.90 Å². The predicted molar refractivity (Wildman–Crippen MR) is 80.5 cm³/mol. The van der Waals surface area contributed by atoms with Gasteiger partial charge in [0.15, 0.2) is 0 Å². The highest BCUT2D eigenvalue weighted by atomic mass is 35.5. The van der Waals surface area contributed by atoms with Crippen molar-refractivity contribution >= 4 is 24.8 Å². The van der Waals surface area contributed by atoms with Crippen LogP contribution in [-0.2, 0) is 0 Å². The normalized spacial score (nSPS) is 17.3. The first kappa shape index (κ1) is 20.3. The fourth-order valence-corrected chi connectivity index (χ4v) is 2.31. The average Bonchev–Trinajstić information content (AvgIpc) is 2.38. The van der Waals surface area contributed by atoms with Crippen molar-refractivity contribution in [1.29, 1.82) is 0 Å². The highest BCUT2D eigenvalue weighted by molar-refractivity contribution is 5.85. The molecule has 1 fully saturated rings. The number of para-hydroxylation sites is 1. The third-order valence-corrected chi connectivity index (χ3v) is 3.29. The van der Waals surface area contributed by atoms with E-state index >= 15 is 0 Å². The molecule has 2 rings (SSSR count). The number of piperazine rings is 1. The van der Waals surface area contributed by atoms with Gasteiger partial charge in [-0.2, -0.15) is 0 Å². The molecule has 21 heavy (non-hydrogen) atoms. The molecule has 0 radical (unpaired) electrons. The van der Waals surface area contributed by atoms with E-state index in [4.69, 9.17) is 0 Å². The number of nitrogens with one attached hydrogen (secondary N) is 1. The summed E-state index contributed by atoms with van der Waals surface area (Å²) in [5.41, 5.74) is 0.571. The van der Waals surface area contributed by atoms with Gasteiger partial charge in [0.25, 0.3) is 0 Å². The van der Waals surface area contributed by atoms with Crippen molar-refractivity contribution in [2.45, 2.75) is 19.3 Å². The summed E-state index contributed by atoms with van der Waals surface area (Å²) in [7, 11) is 0. The van der Waals surface area contributed by atoms with E-state index in [1.54, 1.807) is 18.2 Å². The zero-order chi connectivity index (χ0) is 13.9. The molecule has 0 unspecified atom stereocenters. The summed E-state index contributed by atoms with van der Waals surface area (Å²) in [6, 6.07) is 6.24.